The summed E-state index contributed by atoms with van der Waals surface area (Å²) < 4.78 is 76.6. The van der Waals surface area contributed by atoms with E-state index in [1.807, 2.05) is 0 Å². The van der Waals surface area contributed by atoms with Crippen LogP contribution in [0.25, 0.3) is 0 Å². The predicted molar refractivity (Wildman–Crippen MR) is 92.0 cm³/mol. The minimum absolute atomic E-state index is 0.138. The maximum Gasteiger partial charge on any atom is 0.118 e. The third-order valence-corrected chi connectivity index (χ3v) is 3.78. The summed E-state index contributed by atoms with van der Waals surface area (Å²) >= 11 is 0. The number of phenols is 1. The highest BCUT2D eigenvalue weighted by molar-refractivity contribution is 5.37. The van der Waals surface area contributed by atoms with Crippen molar-refractivity contribution in [2.24, 2.45) is 11.3 Å². The average molecular weight is 301 g/mol. The molecule has 0 radical (unpaired) electrons. The average Bonchev–Trinajstić information content (AvgIpc) is 2.59. The van der Waals surface area contributed by atoms with Gasteiger partial charge in [-0.2, -0.15) is 0 Å². The lowest BCUT2D eigenvalue weighted by Gasteiger charge is -2.41. The molecule has 0 amide bonds. The first-order valence-corrected chi connectivity index (χ1v) is 7.16. The van der Waals surface area contributed by atoms with E-state index in [0.717, 1.165) is 6.07 Å². The van der Waals surface area contributed by atoms with E-state index in [9.17, 15) is 7.85 Å². The Morgan fingerprint density at radius 1 is 1.43 bits per heavy atom. The first-order valence-electron chi connectivity index (χ1n) is 11.7. The highest BCUT2D eigenvalue weighted by Gasteiger charge is 2.35. The Morgan fingerprint density at radius 3 is 2.57 bits per heavy atom. The van der Waals surface area contributed by atoms with Crippen LogP contribution in [0.3, 0.4) is 0 Å². The van der Waals surface area contributed by atoms with E-state index in [0.29, 0.717) is 5.56 Å². The fourth-order valence-corrected chi connectivity index (χ4v) is 2.19. The normalized spacial score (nSPS) is 28.8. The molecule has 0 aliphatic rings. The van der Waals surface area contributed by atoms with Gasteiger partial charge in [-0.3, -0.25) is 0 Å². The Bertz CT molecular complexity index is 772. The fraction of sp³-hybridized carbons (Fsp3) is 0.684. The summed E-state index contributed by atoms with van der Waals surface area (Å²) in [5, 5.41) is 10.3. The molecule has 0 saturated heterocycles. The van der Waals surface area contributed by atoms with Crippen molar-refractivity contribution in [2.45, 2.75) is 60.2 Å². The van der Waals surface area contributed by atoms with Crippen molar-refractivity contribution in [3.05, 3.63) is 29.3 Å². The van der Waals surface area contributed by atoms with E-state index >= 15 is 0 Å². The van der Waals surface area contributed by atoms with E-state index in [2.05, 4.69) is 0 Å². The molecule has 1 rings (SSSR count). The molecule has 0 bridgehead atoms. The molecule has 0 aliphatic carbocycles. The Balaban J connectivity index is 4.25. The van der Waals surface area contributed by atoms with Crippen LogP contribution in [0.5, 0.6) is 5.75 Å². The second-order valence-electron chi connectivity index (χ2n) is 5.98. The van der Waals surface area contributed by atoms with Crippen LogP contribution in [0.15, 0.2) is 18.2 Å². The molecule has 1 aromatic carbocycles. The summed E-state index contributed by atoms with van der Waals surface area (Å²) in [6, 6.07) is 1.78. The zero-order chi connectivity index (χ0) is 24.1. The maximum absolute atomic E-state index is 10.3. The van der Waals surface area contributed by atoms with Gasteiger partial charge >= 0.3 is 0 Å². The number of aryl methyl sites for hydroxylation is 1. The lowest BCUT2D eigenvalue weighted by molar-refractivity contribution is 0.139. The molecule has 0 spiro atoms. The molecule has 120 valence electrons. The van der Waals surface area contributed by atoms with Crippen molar-refractivity contribution in [3.63, 3.8) is 0 Å². The summed E-state index contributed by atoms with van der Waals surface area (Å²) in [6.45, 7) is 1.12. The van der Waals surface area contributed by atoms with Crippen LogP contribution in [0, 0.1) is 18.2 Å². The van der Waals surface area contributed by atoms with Gasteiger partial charge in [0.2, 0.25) is 0 Å². The van der Waals surface area contributed by atoms with Crippen LogP contribution < -0.4 is 0 Å². The maximum atomic E-state index is 10.3. The minimum Gasteiger partial charge on any atom is -0.508 e. The van der Waals surface area contributed by atoms with Gasteiger partial charge in [-0.15, -0.1) is 0 Å². The van der Waals surface area contributed by atoms with Gasteiger partial charge in [-0.1, -0.05) is 46.6 Å². The van der Waals surface area contributed by atoms with Crippen LogP contribution in [-0.4, -0.2) is 29.6 Å². The molecule has 1 aromatic rings. The van der Waals surface area contributed by atoms with Crippen molar-refractivity contribution >= 4 is 0 Å². The van der Waals surface area contributed by atoms with Gasteiger partial charge in [-0.05, 0) is 61.8 Å². The second kappa shape index (κ2) is 6.83. The highest BCUT2D eigenvalue weighted by atomic mass is 16.3. The molecule has 1 N–H and O–H groups in total. The van der Waals surface area contributed by atoms with E-state index < -0.39 is 36.9 Å². The lowest BCUT2D eigenvalue weighted by atomic mass is 9.68. The molecule has 3 atom stereocenters. The standard InChI is InChI=1S/C19H33NO/c1-9-20(8)15(4)14(3)18(19(5,6)7)16-11-10-13(2)17(21)12-16/h10-12,14-15,18,21H,9H2,1-8H3/t14-,15?,18+/m0/s1/i3D3,5D3,14D,15D,18D. The summed E-state index contributed by atoms with van der Waals surface area (Å²) in [5.41, 5.74) is -1.76. The number of hydrogen-bond donors (Lipinski definition) is 1. The van der Waals surface area contributed by atoms with Crippen LogP contribution in [-0.2, 0) is 0 Å². The van der Waals surface area contributed by atoms with E-state index in [1.165, 1.54) is 44.9 Å². The molecular formula is C19H33NO. The smallest absolute Gasteiger partial charge is 0.118 e. The summed E-state index contributed by atoms with van der Waals surface area (Å²) in [7, 11) is 1.47. The zero-order valence-corrected chi connectivity index (χ0v) is 13.8. The quantitative estimate of drug-likeness (QED) is 0.843. The molecule has 0 aromatic heterocycles. The topological polar surface area (TPSA) is 23.5 Å². The van der Waals surface area contributed by atoms with Gasteiger partial charge < -0.3 is 10.0 Å². The molecule has 0 aliphatic heterocycles. The number of aromatic hydroxyl groups is 1. The fourth-order valence-electron chi connectivity index (χ4n) is 2.19. The molecule has 0 heterocycles. The summed E-state index contributed by atoms with van der Waals surface area (Å²) in [4.78, 5) is 1.32. The van der Waals surface area contributed by atoms with Gasteiger partial charge in [0.05, 0.1) is 0 Å². The molecular weight excluding hydrogens is 258 g/mol. The van der Waals surface area contributed by atoms with Crippen LogP contribution >= 0.6 is 0 Å². The van der Waals surface area contributed by atoms with E-state index in [1.54, 1.807) is 13.8 Å². The lowest BCUT2D eigenvalue weighted by Crippen LogP contribution is -2.40. The van der Waals surface area contributed by atoms with E-state index in [-0.39, 0.29) is 17.9 Å². The highest BCUT2D eigenvalue weighted by Crippen LogP contribution is 2.43. The zero-order valence-electron chi connectivity index (χ0n) is 22.8. The second-order valence-corrected chi connectivity index (χ2v) is 5.98. The Kier molecular flexibility index (Phi) is 2.79. The largest absolute Gasteiger partial charge is 0.508 e. The van der Waals surface area contributed by atoms with Crippen LogP contribution in [0.2, 0.25) is 0 Å². The first-order chi connectivity index (χ1) is 13.1. The minimum atomic E-state index is -3.21. The van der Waals surface area contributed by atoms with Crippen molar-refractivity contribution in [2.75, 3.05) is 13.6 Å². The van der Waals surface area contributed by atoms with Gasteiger partial charge in [-0.25, -0.2) is 0 Å². The Hall–Kier alpha value is -1.02. The molecule has 1 unspecified atom stereocenters. The van der Waals surface area contributed by atoms with Crippen LogP contribution in [0.4, 0.5) is 0 Å². The number of nitrogens with zero attached hydrogens (tertiary/aromatic N) is 1. The van der Waals surface area contributed by atoms with Gasteiger partial charge in [0.25, 0.3) is 0 Å². The summed E-state index contributed by atoms with van der Waals surface area (Å²) in [5.74, 6) is -5.80. The number of rotatable bonds is 5. The molecule has 2 heteroatoms. The van der Waals surface area contributed by atoms with Gasteiger partial charge in [0, 0.05) is 18.4 Å². The number of hydrogen-bond acceptors (Lipinski definition) is 2. The molecule has 0 fully saturated rings. The van der Waals surface area contributed by atoms with Gasteiger partial charge in [0.15, 0.2) is 0 Å². The van der Waals surface area contributed by atoms with Crippen molar-refractivity contribution in [3.8, 4) is 5.75 Å². The Labute approximate surface area is 143 Å². The van der Waals surface area contributed by atoms with Crippen molar-refractivity contribution in [1.82, 2.24) is 4.90 Å². The van der Waals surface area contributed by atoms with Crippen molar-refractivity contribution in [1.29, 1.82) is 0 Å². The first kappa shape index (κ1) is 8.57. The van der Waals surface area contributed by atoms with E-state index in [4.69, 9.17) is 9.60 Å². The number of phenolic OH excluding ortho intramolecular Hbond substituents is 1. The number of benzene rings is 1. The van der Waals surface area contributed by atoms with Gasteiger partial charge in [0.1, 0.15) is 5.75 Å². The molecule has 21 heavy (non-hydrogen) atoms. The third kappa shape index (κ3) is 4.23. The third-order valence-electron chi connectivity index (χ3n) is 3.78. The van der Waals surface area contributed by atoms with Crippen molar-refractivity contribution < 1.29 is 17.4 Å². The predicted octanol–water partition coefficient (Wildman–Crippen LogP) is 4.81. The monoisotopic (exact) mass is 300 g/mol. The van der Waals surface area contributed by atoms with Crippen LogP contribution in [0.1, 0.15) is 70.8 Å². The molecule has 2 nitrogen and oxygen atoms in total. The molecule has 0 saturated carbocycles. The summed E-state index contributed by atoms with van der Waals surface area (Å²) in [6.07, 6.45) is 0. The Morgan fingerprint density at radius 2 is 2.10 bits per heavy atom. The SMILES string of the molecule is [2H]C([2H])([2H])C(C)(C)[C@@]([2H])(c1ccc(C)c(O)c1)[C@@]([2H])(C([2H])([2H])[2H])C([2H])(C)N(C)CC.